The summed E-state index contributed by atoms with van der Waals surface area (Å²) in [6, 6.07) is 10.6. The number of nitrogens with zero attached hydrogens (tertiary/aromatic N) is 1. The van der Waals surface area contributed by atoms with Crippen LogP contribution in [0.1, 0.15) is 45.7 Å². The predicted molar refractivity (Wildman–Crippen MR) is 145 cm³/mol. The van der Waals surface area contributed by atoms with E-state index in [1.807, 2.05) is 20.8 Å². The second kappa shape index (κ2) is 12.8. The highest BCUT2D eigenvalue weighted by atomic mass is 16.5. The number of anilines is 2. The molecule has 0 unspecified atom stereocenters. The Morgan fingerprint density at radius 2 is 1.61 bits per heavy atom. The van der Waals surface area contributed by atoms with Crippen LogP contribution in [0.3, 0.4) is 0 Å². The highest BCUT2D eigenvalue weighted by Crippen LogP contribution is 2.32. The van der Waals surface area contributed by atoms with Crippen LogP contribution in [0.2, 0.25) is 0 Å². The number of ether oxygens (including phenoxy) is 3. The average molecular weight is 525 g/mol. The largest absolute Gasteiger partial charge is 0.497 e. The molecule has 0 aliphatic carbocycles. The summed E-state index contributed by atoms with van der Waals surface area (Å²) in [5.74, 6) is 0.805. The highest BCUT2D eigenvalue weighted by Gasteiger charge is 2.36. The van der Waals surface area contributed by atoms with Gasteiger partial charge in [0.1, 0.15) is 11.5 Å². The summed E-state index contributed by atoms with van der Waals surface area (Å²) in [4.78, 5) is 40.1. The minimum Gasteiger partial charge on any atom is -0.497 e. The summed E-state index contributed by atoms with van der Waals surface area (Å²) < 4.78 is 16.0. The van der Waals surface area contributed by atoms with Crippen LogP contribution in [-0.2, 0) is 9.53 Å². The van der Waals surface area contributed by atoms with Crippen LogP contribution in [-0.4, -0.2) is 50.3 Å². The third kappa shape index (κ3) is 6.96. The van der Waals surface area contributed by atoms with Gasteiger partial charge >= 0.3 is 18.0 Å². The van der Waals surface area contributed by atoms with Gasteiger partial charge < -0.3 is 30.2 Å². The Kier molecular flexibility index (Phi) is 9.59. The SMILES string of the molecule is CCCN1C(=O)N[C@@H](c2ccc(NC(=O)Nc3cc(OC)cc(OC)c3)cc2)C(C(=O)OCC(C)C)=C1C. The van der Waals surface area contributed by atoms with E-state index in [4.69, 9.17) is 14.2 Å². The Morgan fingerprint density at radius 1 is 1.00 bits per heavy atom. The molecule has 10 heteroatoms. The maximum atomic E-state index is 13.1. The van der Waals surface area contributed by atoms with Crippen molar-refractivity contribution in [2.75, 3.05) is 38.0 Å². The van der Waals surface area contributed by atoms with Crippen LogP contribution in [0, 0.1) is 5.92 Å². The van der Waals surface area contributed by atoms with Crippen molar-refractivity contribution in [2.24, 2.45) is 5.92 Å². The number of carbonyl (C=O) groups excluding carboxylic acids is 3. The lowest BCUT2D eigenvalue weighted by atomic mass is 9.94. The molecule has 0 radical (unpaired) electrons. The second-order valence-corrected chi connectivity index (χ2v) is 9.33. The molecule has 0 aromatic heterocycles. The first kappa shape index (κ1) is 28.4. The topological polar surface area (TPSA) is 118 Å². The van der Waals surface area contributed by atoms with E-state index in [0.717, 1.165) is 6.42 Å². The Bertz CT molecular complexity index is 1170. The minimum absolute atomic E-state index is 0.179. The van der Waals surface area contributed by atoms with Crippen LogP contribution >= 0.6 is 0 Å². The van der Waals surface area contributed by atoms with Gasteiger partial charge in [0.15, 0.2) is 0 Å². The second-order valence-electron chi connectivity index (χ2n) is 9.33. The molecule has 3 rings (SSSR count). The van der Waals surface area contributed by atoms with Crippen molar-refractivity contribution >= 4 is 29.4 Å². The summed E-state index contributed by atoms with van der Waals surface area (Å²) in [7, 11) is 3.06. The van der Waals surface area contributed by atoms with Gasteiger partial charge in [-0.1, -0.05) is 32.9 Å². The molecule has 204 valence electrons. The van der Waals surface area contributed by atoms with Crippen LogP contribution in [0.5, 0.6) is 11.5 Å². The Labute approximate surface area is 223 Å². The monoisotopic (exact) mass is 524 g/mol. The molecular weight excluding hydrogens is 488 g/mol. The molecule has 1 aliphatic heterocycles. The quantitative estimate of drug-likeness (QED) is 0.363. The summed E-state index contributed by atoms with van der Waals surface area (Å²) in [5, 5.41) is 8.46. The van der Waals surface area contributed by atoms with E-state index in [9.17, 15) is 14.4 Å². The van der Waals surface area contributed by atoms with Gasteiger partial charge in [0, 0.05) is 41.8 Å². The first-order valence-electron chi connectivity index (χ1n) is 12.5. The predicted octanol–water partition coefficient (Wildman–Crippen LogP) is 5.30. The van der Waals surface area contributed by atoms with E-state index >= 15 is 0 Å². The van der Waals surface area contributed by atoms with Crippen molar-refractivity contribution < 1.29 is 28.6 Å². The number of methoxy groups -OCH3 is 2. The highest BCUT2D eigenvalue weighted by molar-refractivity contribution is 6.00. The molecule has 4 amide bonds. The third-order valence-electron chi connectivity index (χ3n) is 5.92. The number of benzene rings is 2. The Hall–Kier alpha value is -4.21. The zero-order valence-electron chi connectivity index (χ0n) is 22.7. The van der Waals surface area contributed by atoms with Gasteiger partial charge in [0.05, 0.1) is 32.4 Å². The van der Waals surface area contributed by atoms with Gasteiger partial charge in [-0.2, -0.15) is 0 Å². The van der Waals surface area contributed by atoms with E-state index in [0.29, 0.717) is 46.3 Å². The first-order valence-corrected chi connectivity index (χ1v) is 12.5. The molecule has 0 spiro atoms. The van der Waals surface area contributed by atoms with Gasteiger partial charge in [0.25, 0.3) is 0 Å². The van der Waals surface area contributed by atoms with Crippen LogP contribution in [0.15, 0.2) is 53.7 Å². The van der Waals surface area contributed by atoms with Crippen molar-refractivity contribution in [1.82, 2.24) is 10.2 Å². The van der Waals surface area contributed by atoms with Crippen molar-refractivity contribution in [3.63, 3.8) is 0 Å². The third-order valence-corrected chi connectivity index (χ3v) is 5.92. The Balaban J connectivity index is 1.79. The fourth-order valence-corrected chi connectivity index (χ4v) is 4.04. The van der Waals surface area contributed by atoms with Gasteiger partial charge in [0.2, 0.25) is 0 Å². The molecule has 0 bridgehead atoms. The number of esters is 1. The maximum absolute atomic E-state index is 13.1. The van der Waals surface area contributed by atoms with Crippen molar-refractivity contribution in [3.05, 3.63) is 59.3 Å². The zero-order valence-corrected chi connectivity index (χ0v) is 22.7. The van der Waals surface area contributed by atoms with Gasteiger partial charge in [-0.3, -0.25) is 4.90 Å². The average Bonchev–Trinajstić information content (AvgIpc) is 2.89. The fourth-order valence-electron chi connectivity index (χ4n) is 4.04. The molecule has 0 saturated heterocycles. The molecule has 1 aliphatic rings. The summed E-state index contributed by atoms with van der Waals surface area (Å²) in [6.07, 6.45) is 0.745. The van der Waals surface area contributed by atoms with Crippen LogP contribution < -0.4 is 25.4 Å². The standard InChI is InChI=1S/C28H36N4O6/c1-7-12-32-18(4)24(26(33)38-16-17(2)3)25(31-28(32)35)19-8-10-20(11-9-19)29-27(34)30-21-13-22(36-5)15-23(14-21)37-6/h8-11,13-15,17,25H,7,12,16H2,1-6H3,(H,31,35)(H2,29,30,34)/t25-/m0/s1. The lowest BCUT2D eigenvalue weighted by Gasteiger charge is -2.35. The maximum Gasteiger partial charge on any atom is 0.338 e. The van der Waals surface area contributed by atoms with Gasteiger partial charge in [-0.15, -0.1) is 0 Å². The molecule has 2 aromatic carbocycles. The first-order chi connectivity index (χ1) is 18.2. The molecule has 10 nitrogen and oxygen atoms in total. The van der Waals surface area contributed by atoms with E-state index in [1.165, 1.54) is 14.2 Å². The van der Waals surface area contributed by atoms with E-state index in [-0.39, 0.29) is 18.6 Å². The number of carbonyl (C=O) groups is 3. The van der Waals surface area contributed by atoms with Crippen molar-refractivity contribution in [2.45, 2.75) is 40.2 Å². The van der Waals surface area contributed by atoms with E-state index in [1.54, 1.807) is 54.3 Å². The molecule has 0 saturated carbocycles. The molecular formula is C28H36N4O6. The number of allylic oxidation sites excluding steroid dienone is 1. The number of rotatable bonds is 10. The van der Waals surface area contributed by atoms with Crippen molar-refractivity contribution in [3.8, 4) is 11.5 Å². The summed E-state index contributed by atoms with van der Waals surface area (Å²) >= 11 is 0. The summed E-state index contributed by atoms with van der Waals surface area (Å²) in [6.45, 7) is 8.43. The van der Waals surface area contributed by atoms with E-state index < -0.39 is 18.0 Å². The number of hydrogen-bond acceptors (Lipinski definition) is 6. The number of nitrogens with one attached hydrogen (secondary N) is 3. The zero-order chi connectivity index (χ0) is 27.8. The van der Waals surface area contributed by atoms with Gasteiger partial charge in [-0.05, 0) is 37.0 Å². The number of amides is 4. The fraction of sp³-hybridized carbons (Fsp3) is 0.393. The summed E-state index contributed by atoms with van der Waals surface area (Å²) in [5.41, 5.74) is 2.69. The molecule has 3 N–H and O–H groups in total. The lowest BCUT2D eigenvalue weighted by molar-refractivity contribution is -0.140. The number of hydrogen-bond donors (Lipinski definition) is 3. The number of urea groups is 2. The van der Waals surface area contributed by atoms with Crippen LogP contribution in [0.25, 0.3) is 0 Å². The van der Waals surface area contributed by atoms with E-state index in [2.05, 4.69) is 16.0 Å². The molecule has 0 fully saturated rings. The van der Waals surface area contributed by atoms with Crippen LogP contribution in [0.4, 0.5) is 21.0 Å². The lowest BCUT2D eigenvalue weighted by Crippen LogP contribution is -2.48. The molecule has 38 heavy (non-hydrogen) atoms. The van der Waals surface area contributed by atoms with Crippen molar-refractivity contribution in [1.29, 1.82) is 0 Å². The molecule has 2 aromatic rings. The minimum atomic E-state index is -0.678. The van der Waals surface area contributed by atoms with Gasteiger partial charge in [-0.25, -0.2) is 14.4 Å². The normalized spacial score (nSPS) is 15.2. The molecule has 1 heterocycles. The Morgan fingerprint density at radius 3 is 2.16 bits per heavy atom. The molecule has 1 atom stereocenters. The smallest absolute Gasteiger partial charge is 0.338 e.